The Kier molecular flexibility index (Phi) is 13.4. The average molecular weight is 819 g/mol. The number of aromatic nitrogens is 2. The normalized spacial score (nSPS) is 31.6. The van der Waals surface area contributed by atoms with Crippen molar-refractivity contribution in [3.63, 3.8) is 0 Å². The molecule has 0 aliphatic carbocycles. The van der Waals surface area contributed by atoms with Gasteiger partial charge in [-0.3, -0.25) is 23.7 Å². The number of aliphatic hydroxyl groups is 4. The van der Waals surface area contributed by atoms with Gasteiger partial charge in [0, 0.05) is 6.20 Å². The molecule has 282 valence electrons. The first-order valence-corrected chi connectivity index (χ1v) is 21.3. The maximum Gasteiger partial charge on any atom is 0.520 e. The molecule has 4 rings (SSSR count). The Balaban J connectivity index is 1.27. The number of aliphatic hydroxyl groups excluding tert-OH is 4. The lowest BCUT2D eigenvalue weighted by Crippen LogP contribution is -2.35. The van der Waals surface area contributed by atoms with Gasteiger partial charge in [-0.25, -0.2) is 18.5 Å². The zero-order valence-electron chi connectivity index (χ0n) is 25.1. The van der Waals surface area contributed by atoms with Crippen LogP contribution in [0.3, 0.4) is 0 Å². The lowest BCUT2D eigenvalue weighted by molar-refractivity contribution is -0.115. The van der Waals surface area contributed by atoms with Crippen LogP contribution in [0.15, 0.2) is 40.1 Å². The first-order chi connectivity index (χ1) is 23.1. The maximum absolute atomic E-state index is 12.4. The van der Waals surface area contributed by atoms with Crippen LogP contribution >= 0.6 is 40.0 Å². The Morgan fingerprint density at radius 1 is 0.820 bits per heavy atom. The van der Waals surface area contributed by atoms with Crippen molar-refractivity contribution in [3.05, 3.63) is 56.9 Å². The van der Waals surface area contributed by atoms with Gasteiger partial charge in [-0.15, -0.1) is 0 Å². The number of phosphoric ester groups is 2. The van der Waals surface area contributed by atoms with Crippen LogP contribution in [-0.4, -0.2) is 113 Å². The minimum absolute atomic E-state index is 0.184. The fraction of sp³-hybridized carbons (Fsp3) is 0.524. The smallest absolute Gasteiger partial charge is 0.497 e. The van der Waals surface area contributed by atoms with Gasteiger partial charge in [0.25, 0.3) is 5.56 Å². The van der Waals surface area contributed by atoms with Gasteiger partial charge in [0.1, 0.15) is 63.2 Å². The number of hydrogen-bond donors (Lipinski definition) is 10. The van der Waals surface area contributed by atoms with Crippen molar-refractivity contribution in [1.82, 2.24) is 9.97 Å². The van der Waals surface area contributed by atoms with Gasteiger partial charge in [-0.2, -0.15) is 9.20 Å². The highest BCUT2D eigenvalue weighted by molar-refractivity contribution is 8.18. The summed E-state index contributed by atoms with van der Waals surface area (Å²) in [7, 11) is -19.4. The molecule has 10 N–H and O–H groups in total. The summed E-state index contributed by atoms with van der Waals surface area (Å²) in [4.78, 5) is 67.4. The Labute approximate surface area is 282 Å². The van der Waals surface area contributed by atoms with E-state index >= 15 is 0 Å². The Morgan fingerprint density at radius 3 is 1.96 bits per heavy atom. The number of benzene rings is 1. The lowest BCUT2D eigenvalue weighted by atomic mass is 10.0. The first kappa shape index (κ1) is 41.2. The molecular formula is C21H32N2O22P5+. The molecule has 0 saturated carbocycles. The van der Waals surface area contributed by atoms with Crippen LogP contribution in [0.1, 0.15) is 11.7 Å². The van der Waals surface area contributed by atoms with E-state index in [9.17, 15) is 63.3 Å². The molecule has 2 aliphatic rings. The van der Waals surface area contributed by atoms with Crippen LogP contribution in [0, 0.1) is 0 Å². The molecule has 24 nitrogen and oxygen atoms in total. The van der Waals surface area contributed by atoms with Crippen molar-refractivity contribution in [2.45, 2.75) is 49.0 Å². The summed E-state index contributed by atoms with van der Waals surface area (Å²) in [5.41, 5.74) is -2.17. The Hall–Kier alpha value is -1.55. The quantitative estimate of drug-likeness (QED) is 0.0879. The number of methoxy groups -OCH3 is 1. The molecule has 50 heavy (non-hydrogen) atoms. The number of rotatable bonds is 16. The van der Waals surface area contributed by atoms with E-state index in [0.29, 0.717) is 5.75 Å². The summed E-state index contributed by atoms with van der Waals surface area (Å²) in [5, 5.41) is 41.0. The lowest BCUT2D eigenvalue weighted by Gasteiger charge is -2.21. The van der Waals surface area contributed by atoms with Crippen LogP contribution in [0.25, 0.3) is 0 Å². The highest BCUT2D eigenvalue weighted by Gasteiger charge is 2.55. The second-order valence-electron chi connectivity index (χ2n) is 10.2. The van der Waals surface area contributed by atoms with Gasteiger partial charge in [0.15, 0.2) is 0 Å². The minimum Gasteiger partial charge on any atom is -0.497 e. The standard InChI is InChI=1S/C21H31N2O22P5/c1-37-9-2-4-10(5-3-9)40-20-17(27)15(25)13(42-20)8-38-47(30,31)43-49(34,35)45-50(36,46)44-48(32,33)39-7-12-14(24)16(26)18(41-12)11-6-22-21(29)23-19(11)28/h2-6,12-18,20,24-27,36H,7-8,46H2,1H3,(H4-,22,23,28,29,30,31,32,33,34,35)/p+1/t12-,13-,14-,15-,16-,17-,18+,20-,50?/m1/s1. The third-order valence-electron chi connectivity index (χ3n) is 6.60. The average Bonchev–Trinajstić information content (AvgIpc) is 3.42. The minimum atomic E-state index is -5.90. The molecular weight excluding hydrogens is 787 g/mol. The number of phosphoric acid groups is 3. The fourth-order valence-electron chi connectivity index (χ4n) is 4.35. The molecule has 0 radical (unpaired) electrons. The van der Waals surface area contributed by atoms with Gasteiger partial charge in [-0.1, -0.05) is 8.62 Å². The first-order valence-electron chi connectivity index (χ1n) is 13.6. The van der Waals surface area contributed by atoms with Gasteiger partial charge >= 0.3 is 36.8 Å². The third-order valence-corrected chi connectivity index (χ3v) is 14.4. The van der Waals surface area contributed by atoms with Crippen LogP contribution in [0.4, 0.5) is 0 Å². The summed E-state index contributed by atoms with van der Waals surface area (Å²) in [5.74, 6) is 0.674. The van der Waals surface area contributed by atoms with E-state index in [1.54, 1.807) is 0 Å². The Bertz CT molecular complexity index is 1740. The zero-order chi connectivity index (χ0) is 37.2. The maximum atomic E-state index is 12.4. The van der Waals surface area contributed by atoms with Gasteiger partial charge in [0.05, 0.1) is 25.9 Å². The molecule has 0 spiro atoms. The monoisotopic (exact) mass is 819 g/mol. The fourth-order valence-corrected chi connectivity index (χ4v) is 11.7. The highest BCUT2D eigenvalue weighted by atomic mass is 32.1. The van der Waals surface area contributed by atoms with Crippen molar-refractivity contribution >= 4 is 40.0 Å². The molecule has 0 bridgehead atoms. The van der Waals surface area contributed by atoms with E-state index in [1.165, 1.54) is 40.3 Å². The largest absolute Gasteiger partial charge is 0.520 e. The van der Waals surface area contributed by atoms with Crippen LogP contribution < -0.4 is 20.7 Å². The van der Waals surface area contributed by atoms with Crippen molar-refractivity contribution in [3.8, 4) is 11.5 Å². The summed E-state index contributed by atoms with van der Waals surface area (Å²) < 4.78 is 80.0. The van der Waals surface area contributed by atoms with E-state index < -0.39 is 105 Å². The van der Waals surface area contributed by atoms with Gasteiger partial charge in [-0.05, 0) is 24.3 Å². The van der Waals surface area contributed by atoms with E-state index in [-0.39, 0.29) is 11.3 Å². The van der Waals surface area contributed by atoms with Crippen LogP contribution in [0.5, 0.6) is 11.5 Å². The molecule has 13 atom stereocenters. The summed E-state index contributed by atoms with van der Waals surface area (Å²) in [6, 6.07) is 5.97. The summed E-state index contributed by atoms with van der Waals surface area (Å²) in [6.07, 6.45) is -12.3. The van der Waals surface area contributed by atoms with Crippen molar-refractivity contribution < 1.29 is 94.6 Å². The SMILES string of the molecule is COc1ccc(O[C@@H]2O[C@H](COP(=O)(O)OP(=O)(O)O[P+](O)(P)OP(=O)(O)OC[C@H]3O[C@@H](c4c[nH]c(=O)[nH]c4=O)[C@H](O)[C@@H]3O)[C@@H](O)[C@H]2O)cc1. The zero-order valence-corrected chi connectivity index (χ0v) is 29.8. The van der Waals surface area contributed by atoms with Crippen molar-refractivity contribution in [2.75, 3.05) is 20.3 Å². The Morgan fingerprint density at radius 2 is 1.36 bits per heavy atom. The number of nitrogens with one attached hydrogen (secondary N) is 2. The third kappa shape index (κ3) is 11.0. The molecule has 2 aromatic rings. The van der Waals surface area contributed by atoms with Crippen LogP contribution in [-0.2, 0) is 45.1 Å². The molecule has 3 heterocycles. The van der Waals surface area contributed by atoms with Crippen LogP contribution in [0.2, 0.25) is 0 Å². The molecule has 2 aliphatic heterocycles. The number of H-pyrrole nitrogens is 2. The topological polar surface area (TPSA) is 362 Å². The van der Waals surface area contributed by atoms with Crippen molar-refractivity contribution in [2.24, 2.45) is 0 Å². The predicted molar refractivity (Wildman–Crippen MR) is 165 cm³/mol. The van der Waals surface area contributed by atoms with Gasteiger partial charge < -0.3 is 54.1 Å². The molecule has 1 aromatic carbocycles. The van der Waals surface area contributed by atoms with E-state index in [4.69, 9.17) is 18.9 Å². The molecule has 1 aromatic heterocycles. The highest BCUT2D eigenvalue weighted by Crippen LogP contribution is 2.81. The second kappa shape index (κ2) is 16.2. The molecule has 5 unspecified atom stereocenters. The number of ether oxygens (including phenoxy) is 4. The number of aromatic amines is 2. The van der Waals surface area contributed by atoms with Gasteiger partial charge in [0.2, 0.25) is 6.29 Å². The van der Waals surface area contributed by atoms with E-state index in [2.05, 4.69) is 27.0 Å². The summed E-state index contributed by atoms with van der Waals surface area (Å²) in [6.45, 7) is -2.09. The molecule has 29 heteroatoms. The molecule has 2 fully saturated rings. The van der Waals surface area contributed by atoms with E-state index in [0.717, 1.165) is 6.20 Å². The van der Waals surface area contributed by atoms with E-state index in [1.807, 2.05) is 4.98 Å². The molecule has 2 saturated heterocycles. The number of hydrogen-bond acceptors (Lipinski definition) is 19. The molecule has 0 amide bonds. The predicted octanol–water partition coefficient (Wildman–Crippen LogP) is -1.31. The van der Waals surface area contributed by atoms with Crippen molar-refractivity contribution in [1.29, 1.82) is 0 Å². The second-order valence-corrected chi connectivity index (χ2v) is 18.6. The summed E-state index contributed by atoms with van der Waals surface area (Å²) >= 11 is 0.